The van der Waals surface area contributed by atoms with E-state index in [-0.39, 0.29) is 0 Å². The zero-order valence-corrected chi connectivity index (χ0v) is 12.6. The summed E-state index contributed by atoms with van der Waals surface area (Å²) in [5, 5.41) is 3.58. The standard InChI is InChI=1S/C17H27N3/c1-19-10-4-5-17(19)13-18-16-8-6-15(7-9-16)14-20-11-2-3-12-20/h6-9,17-18H,2-5,10-14H2,1H3. The predicted molar refractivity (Wildman–Crippen MR) is 85.1 cm³/mol. The number of nitrogens with one attached hydrogen (secondary N) is 1. The molecule has 0 saturated carbocycles. The van der Waals surface area contributed by atoms with Crippen molar-refractivity contribution in [3.63, 3.8) is 0 Å². The van der Waals surface area contributed by atoms with Crippen LogP contribution in [0.25, 0.3) is 0 Å². The first kappa shape index (κ1) is 13.9. The zero-order chi connectivity index (χ0) is 13.8. The predicted octanol–water partition coefficient (Wildman–Crippen LogP) is 2.79. The minimum atomic E-state index is 0.708. The van der Waals surface area contributed by atoms with Crippen LogP contribution in [0, 0.1) is 0 Å². The van der Waals surface area contributed by atoms with Crippen LogP contribution in [0.4, 0.5) is 5.69 Å². The number of nitrogens with zero attached hydrogens (tertiary/aromatic N) is 2. The van der Waals surface area contributed by atoms with Gasteiger partial charge < -0.3 is 10.2 Å². The summed E-state index contributed by atoms with van der Waals surface area (Å²) < 4.78 is 0. The number of rotatable bonds is 5. The van der Waals surface area contributed by atoms with Gasteiger partial charge in [-0.25, -0.2) is 0 Å². The fourth-order valence-corrected chi connectivity index (χ4v) is 3.40. The molecular weight excluding hydrogens is 246 g/mol. The molecule has 3 heteroatoms. The fourth-order valence-electron chi connectivity index (χ4n) is 3.40. The van der Waals surface area contributed by atoms with E-state index in [1.807, 2.05) is 0 Å². The Kier molecular flexibility index (Phi) is 4.58. The molecule has 0 amide bonds. The fraction of sp³-hybridized carbons (Fsp3) is 0.647. The molecule has 0 aliphatic carbocycles. The number of likely N-dealkylation sites (tertiary alicyclic amines) is 2. The van der Waals surface area contributed by atoms with E-state index in [1.165, 1.54) is 56.6 Å². The SMILES string of the molecule is CN1CCCC1CNc1ccc(CN2CCCC2)cc1. The van der Waals surface area contributed by atoms with Crippen molar-refractivity contribution in [2.75, 3.05) is 38.5 Å². The molecule has 2 fully saturated rings. The van der Waals surface area contributed by atoms with Crippen molar-refractivity contribution in [1.82, 2.24) is 9.80 Å². The molecule has 1 aromatic rings. The summed E-state index contributed by atoms with van der Waals surface area (Å²) in [5.74, 6) is 0. The lowest BCUT2D eigenvalue weighted by atomic mass is 10.2. The van der Waals surface area contributed by atoms with Crippen molar-refractivity contribution in [3.8, 4) is 0 Å². The van der Waals surface area contributed by atoms with Crippen LogP contribution in [0.15, 0.2) is 24.3 Å². The molecule has 3 rings (SSSR count). The summed E-state index contributed by atoms with van der Waals surface area (Å²) >= 11 is 0. The van der Waals surface area contributed by atoms with Crippen LogP contribution in [0.1, 0.15) is 31.2 Å². The van der Waals surface area contributed by atoms with Crippen molar-refractivity contribution in [2.45, 2.75) is 38.3 Å². The van der Waals surface area contributed by atoms with Gasteiger partial charge in [0.1, 0.15) is 0 Å². The summed E-state index contributed by atoms with van der Waals surface area (Å²) in [7, 11) is 2.23. The highest BCUT2D eigenvalue weighted by Gasteiger charge is 2.20. The Morgan fingerprint density at radius 1 is 1.05 bits per heavy atom. The largest absolute Gasteiger partial charge is 0.383 e. The number of likely N-dealkylation sites (N-methyl/N-ethyl adjacent to an activating group) is 1. The Balaban J connectivity index is 1.48. The Hall–Kier alpha value is -1.06. The van der Waals surface area contributed by atoms with Gasteiger partial charge in [0.05, 0.1) is 0 Å². The molecule has 3 nitrogen and oxygen atoms in total. The van der Waals surface area contributed by atoms with Gasteiger partial charge in [-0.15, -0.1) is 0 Å². The first-order chi connectivity index (χ1) is 9.81. The lowest BCUT2D eigenvalue weighted by Gasteiger charge is -2.20. The normalized spacial score (nSPS) is 24.4. The molecule has 1 aromatic carbocycles. The second kappa shape index (κ2) is 6.59. The monoisotopic (exact) mass is 273 g/mol. The summed E-state index contributed by atoms with van der Waals surface area (Å²) in [4.78, 5) is 5.02. The molecule has 0 bridgehead atoms. The van der Waals surface area contributed by atoms with Crippen LogP contribution in [0.5, 0.6) is 0 Å². The highest BCUT2D eigenvalue weighted by molar-refractivity contribution is 5.44. The van der Waals surface area contributed by atoms with Crippen molar-refractivity contribution >= 4 is 5.69 Å². The smallest absolute Gasteiger partial charge is 0.0340 e. The number of anilines is 1. The molecule has 0 radical (unpaired) electrons. The Labute approximate surface area is 123 Å². The van der Waals surface area contributed by atoms with Crippen molar-refractivity contribution < 1.29 is 0 Å². The van der Waals surface area contributed by atoms with E-state index >= 15 is 0 Å². The molecule has 2 aliphatic heterocycles. The lowest BCUT2D eigenvalue weighted by Crippen LogP contribution is -2.31. The first-order valence-electron chi connectivity index (χ1n) is 8.07. The Bertz CT molecular complexity index is 409. The first-order valence-corrected chi connectivity index (χ1v) is 8.07. The van der Waals surface area contributed by atoms with Crippen LogP contribution >= 0.6 is 0 Å². The minimum Gasteiger partial charge on any atom is -0.383 e. The zero-order valence-electron chi connectivity index (χ0n) is 12.6. The van der Waals surface area contributed by atoms with Crippen LogP contribution in [0.3, 0.4) is 0 Å². The molecule has 2 aliphatic rings. The van der Waals surface area contributed by atoms with Gasteiger partial charge in [-0.05, 0) is 70.1 Å². The van der Waals surface area contributed by atoms with E-state index in [0.717, 1.165) is 13.1 Å². The van der Waals surface area contributed by atoms with Gasteiger partial charge >= 0.3 is 0 Å². The number of hydrogen-bond acceptors (Lipinski definition) is 3. The molecule has 1 unspecified atom stereocenters. The molecule has 110 valence electrons. The highest BCUT2D eigenvalue weighted by Crippen LogP contribution is 2.18. The van der Waals surface area contributed by atoms with E-state index in [1.54, 1.807) is 0 Å². The quantitative estimate of drug-likeness (QED) is 0.890. The molecule has 2 saturated heterocycles. The molecule has 2 heterocycles. The van der Waals surface area contributed by atoms with Gasteiger partial charge in [-0.1, -0.05) is 12.1 Å². The van der Waals surface area contributed by atoms with E-state index < -0.39 is 0 Å². The van der Waals surface area contributed by atoms with E-state index in [4.69, 9.17) is 0 Å². The second-order valence-electron chi connectivity index (χ2n) is 6.34. The van der Waals surface area contributed by atoms with Gasteiger partial charge in [0.2, 0.25) is 0 Å². The van der Waals surface area contributed by atoms with Crippen LogP contribution in [0.2, 0.25) is 0 Å². The minimum absolute atomic E-state index is 0.708. The summed E-state index contributed by atoms with van der Waals surface area (Å²) in [6.45, 7) is 5.98. The van der Waals surface area contributed by atoms with E-state index in [0.29, 0.717) is 6.04 Å². The van der Waals surface area contributed by atoms with Crippen molar-refractivity contribution in [1.29, 1.82) is 0 Å². The molecule has 0 aromatic heterocycles. The van der Waals surface area contributed by atoms with E-state index in [2.05, 4.69) is 46.4 Å². The average Bonchev–Trinajstić information content (AvgIpc) is 3.10. The lowest BCUT2D eigenvalue weighted by molar-refractivity contribution is 0.322. The summed E-state index contributed by atoms with van der Waals surface area (Å²) in [5.41, 5.74) is 2.70. The highest BCUT2D eigenvalue weighted by atomic mass is 15.2. The third-order valence-corrected chi connectivity index (χ3v) is 4.77. The third-order valence-electron chi connectivity index (χ3n) is 4.77. The van der Waals surface area contributed by atoms with Gasteiger partial charge in [-0.3, -0.25) is 4.90 Å². The summed E-state index contributed by atoms with van der Waals surface area (Å²) in [6, 6.07) is 9.73. The third kappa shape index (κ3) is 3.53. The van der Waals surface area contributed by atoms with E-state index in [9.17, 15) is 0 Å². The van der Waals surface area contributed by atoms with Crippen LogP contribution < -0.4 is 5.32 Å². The molecule has 1 atom stereocenters. The van der Waals surface area contributed by atoms with Crippen molar-refractivity contribution in [2.24, 2.45) is 0 Å². The maximum Gasteiger partial charge on any atom is 0.0340 e. The van der Waals surface area contributed by atoms with Gasteiger partial charge in [0.25, 0.3) is 0 Å². The average molecular weight is 273 g/mol. The topological polar surface area (TPSA) is 18.5 Å². The Morgan fingerprint density at radius 3 is 2.45 bits per heavy atom. The number of hydrogen-bond donors (Lipinski definition) is 1. The van der Waals surface area contributed by atoms with Gasteiger partial charge in [0.15, 0.2) is 0 Å². The van der Waals surface area contributed by atoms with Gasteiger partial charge in [0, 0.05) is 24.8 Å². The van der Waals surface area contributed by atoms with Crippen LogP contribution in [-0.4, -0.2) is 49.1 Å². The molecule has 1 N–H and O–H groups in total. The maximum atomic E-state index is 3.58. The maximum absolute atomic E-state index is 3.58. The van der Waals surface area contributed by atoms with Crippen molar-refractivity contribution in [3.05, 3.63) is 29.8 Å². The van der Waals surface area contributed by atoms with Crippen LogP contribution in [-0.2, 0) is 6.54 Å². The molecule has 0 spiro atoms. The second-order valence-corrected chi connectivity index (χ2v) is 6.34. The number of benzene rings is 1. The molecule has 20 heavy (non-hydrogen) atoms. The van der Waals surface area contributed by atoms with Gasteiger partial charge in [-0.2, -0.15) is 0 Å². The Morgan fingerprint density at radius 2 is 1.80 bits per heavy atom. The summed E-state index contributed by atoms with van der Waals surface area (Å²) in [6.07, 6.45) is 5.41. The molecular formula is C17H27N3.